The molecule has 142 valence electrons. The lowest BCUT2D eigenvalue weighted by Crippen LogP contribution is -2.36. The van der Waals surface area contributed by atoms with Gasteiger partial charge in [-0.3, -0.25) is 9.59 Å². The topological polar surface area (TPSA) is 67.4 Å². The molecule has 0 aromatic heterocycles. The van der Waals surface area contributed by atoms with E-state index in [-0.39, 0.29) is 24.3 Å². The molecule has 2 amide bonds. The number of anilines is 1. The second kappa shape index (κ2) is 9.21. The van der Waals surface area contributed by atoms with Gasteiger partial charge in [0.25, 0.3) is 5.91 Å². The average molecular weight is 366 g/mol. The number of hydrogen-bond acceptors (Lipinski definition) is 3. The molecule has 1 aliphatic carbocycles. The molecule has 3 rings (SSSR count). The van der Waals surface area contributed by atoms with E-state index in [0.717, 1.165) is 24.2 Å². The van der Waals surface area contributed by atoms with Crippen LogP contribution in [0.2, 0.25) is 0 Å². The number of nitrogens with one attached hydrogen (secondary N) is 2. The number of hydrogen-bond donors (Lipinski definition) is 2. The number of carbonyl (C=O) groups excluding carboxylic acids is 2. The Balaban J connectivity index is 1.51. The predicted octanol–water partition coefficient (Wildman–Crippen LogP) is 3.94. The van der Waals surface area contributed by atoms with E-state index in [4.69, 9.17) is 4.74 Å². The molecule has 0 heterocycles. The first kappa shape index (κ1) is 19.0. The summed E-state index contributed by atoms with van der Waals surface area (Å²) >= 11 is 0. The van der Waals surface area contributed by atoms with E-state index in [1.54, 1.807) is 31.4 Å². The monoisotopic (exact) mass is 366 g/mol. The maximum absolute atomic E-state index is 12.3. The molecule has 27 heavy (non-hydrogen) atoms. The van der Waals surface area contributed by atoms with E-state index in [0.29, 0.717) is 11.3 Å². The Morgan fingerprint density at radius 1 is 0.963 bits per heavy atom. The first-order valence-electron chi connectivity index (χ1n) is 9.48. The third-order valence-corrected chi connectivity index (χ3v) is 4.89. The van der Waals surface area contributed by atoms with Crippen LogP contribution in [0.4, 0.5) is 5.69 Å². The Kier molecular flexibility index (Phi) is 6.47. The van der Waals surface area contributed by atoms with Crippen molar-refractivity contribution in [3.8, 4) is 5.75 Å². The number of amides is 2. The fourth-order valence-corrected chi connectivity index (χ4v) is 3.35. The van der Waals surface area contributed by atoms with Crippen molar-refractivity contribution in [2.45, 2.75) is 44.6 Å². The van der Waals surface area contributed by atoms with Gasteiger partial charge in [-0.25, -0.2) is 0 Å². The second-order valence-corrected chi connectivity index (χ2v) is 6.96. The van der Waals surface area contributed by atoms with E-state index in [1.807, 2.05) is 24.3 Å². The molecule has 1 aliphatic rings. The first-order chi connectivity index (χ1) is 13.1. The van der Waals surface area contributed by atoms with Crippen molar-refractivity contribution < 1.29 is 14.3 Å². The van der Waals surface area contributed by atoms with Crippen molar-refractivity contribution >= 4 is 17.5 Å². The van der Waals surface area contributed by atoms with Crippen LogP contribution < -0.4 is 15.4 Å². The highest BCUT2D eigenvalue weighted by Crippen LogP contribution is 2.18. The summed E-state index contributed by atoms with van der Waals surface area (Å²) < 4.78 is 5.11. The largest absolute Gasteiger partial charge is 0.497 e. The second-order valence-electron chi connectivity index (χ2n) is 6.96. The van der Waals surface area contributed by atoms with Crippen LogP contribution >= 0.6 is 0 Å². The lowest BCUT2D eigenvalue weighted by Gasteiger charge is -2.22. The zero-order chi connectivity index (χ0) is 19.1. The maximum Gasteiger partial charge on any atom is 0.251 e. The molecule has 5 nitrogen and oxygen atoms in total. The third-order valence-electron chi connectivity index (χ3n) is 4.89. The minimum atomic E-state index is -0.0976. The summed E-state index contributed by atoms with van der Waals surface area (Å²) in [5.74, 6) is 0.624. The summed E-state index contributed by atoms with van der Waals surface area (Å²) in [7, 11) is 1.61. The van der Waals surface area contributed by atoms with Gasteiger partial charge in [-0.15, -0.1) is 0 Å². The van der Waals surface area contributed by atoms with Gasteiger partial charge in [-0.1, -0.05) is 31.4 Å². The number of ether oxygens (including phenoxy) is 1. The molecule has 5 heteroatoms. The fourth-order valence-electron chi connectivity index (χ4n) is 3.35. The zero-order valence-corrected chi connectivity index (χ0v) is 15.7. The molecule has 1 fully saturated rings. The van der Waals surface area contributed by atoms with Gasteiger partial charge in [0.1, 0.15) is 5.75 Å². The molecule has 0 spiro atoms. The quantitative estimate of drug-likeness (QED) is 0.814. The number of methoxy groups -OCH3 is 1. The highest BCUT2D eigenvalue weighted by Gasteiger charge is 2.16. The van der Waals surface area contributed by atoms with Gasteiger partial charge < -0.3 is 15.4 Å². The molecule has 2 N–H and O–H groups in total. The molecule has 0 bridgehead atoms. The van der Waals surface area contributed by atoms with Gasteiger partial charge >= 0.3 is 0 Å². The summed E-state index contributed by atoms with van der Waals surface area (Å²) in [4.78, 5) is 24.5. The molecule has 0 atom stereocenters. The molecule has 1 saturated carbocycles. The lowest BCUT2D eigenvalue weighted by molar-refractivity contribution is -0.115. The summed E-state index contributed by atoms with van der Waals surface area (Å²) in [6, 6.07) is 14.7. The molecule has 0 aliphatic heterocycles. The van der Waals surface area contributed by atoms with E-state index >= 15 is 0 Å². The number of rotatable bonds is 6. The van der Waals surface area contributed by atoms with Crippen LogP contribution in [-0.4, -0.2) is 25.0 Å². The van der Waals surface area contributed by atoms with Crippen LogP contribution in [0.5, 0.6) is 5.75 Å². The van der Waals surface area contributed by atoms with Crippen molar-refractivity contribution in [2.24, 2.45) is 0 Å². The molecule has 0 unspecified atom stereocenters. The van der Waals surface area contributed by atoms with Crippen molar-refractivity contribution in [3.63, 3.8) is 0 Å². The number of benzene rings is 2. The van der Waals surface area contributed by atoms with E-state index in [2.05, 4.69) is 10.6 Å². The molecule has 2 aromatic rings. The zero-order valence-electron chi connectivity index (χ0n) is 15.7. The summed E-state index contributed by atoms with van der Waals surface area (Å²) in [5, 5.41) is 5.97. The fraction of sp³-hybridized carbons (Fsp3) is 0.364. The van der Waals surface area contributed by atoms with Crippen LogP contribution in [0.15, 0.2) is 48.5 Å². The first-order valence-corrected chi connectivity index (χ1v) is 9.48. The summed E-state index contributed by atoms with van der Waals surface area (Å²) in [5.41, 5.74) is 2.22. The Morgan fingerprint density at radius 2 is 1.63 bits per heavy atom. The van der Waals surface area contributed by atoms with Crippen LogP contribution in [0, 0.1) is 0 Å². The Hall–Kier alpha value is -2.82. The van der Waals surface area contributed by atoms with Crippen molar-refractivity contribution in [1.29, 1.82) is 0 Å². The minimum absolute atomic E-state index is 0.0435. The van der Waals surface area contributed by atoms with Crippen molar-refractivity contribution in [1.82, 2.24) is 5.32 Å². The predicted molar refractivity (Wildman–Crippen MR) is 106 cm³/mol. The third kappa shape index (κ3) is 5.58. The van der Waals surface area contributed by atoms with Crippen LogP contribution in [0.3, 0.4) is 0 Å². The lowest BCUT2D eigenvalue weighted by atomic mass is 9.95. The molecule has 2 aromatic carbocycles. The van der Waals surface area contributed by atoms with Crippen LogP contribution in [0.25, 0.3) is 0 Å². The minimum Gasteiger partial charge on any atom is -0.497 e. The summed E-state index contributed by atoms with van der Waals surface area (Å²) in [6.45, 7) is 0. The molecular weight excluding hydrogens is 340 g/mol. The number of carbonyl (C=O) groups is 2. The van der Waals surface area contributed by atoms with Crippen molar-refractivity contribution in [2.75, 3.05) is 12.4 Å². The van der Waals surface area contributed by atoms with Gasteiger partial charge in [0.15, 0.2) is 0 Å². The molecule has 0 saturated heterocycles. The maximum atomic E-state index is 12.3. The van der Waals surface area contributed by atoms with Crippen molar-refractivity contribution in [3.05, 3.63) is 59.7 Å². The molecular formula is C22H26N2O3. The Labute approximate surface area is 160 Å². The van der Waals surface area contributed by atoms with Gasteiger partial charge in [0.2, 0.25) is 5.91 Å². The van der Waals surface area contributed by atoms with Gasteiger partial charge in [-0.05, 0) is 54.8 Å². The van der Waals surface area contributed by atoms with Gasteiger partial charge in [0.05, 0.1) is 13.5 Å². The van der Waals surface area contributed by atoms with Gasteiger partial charge in [-0.2, -0.15) is 0 Å². The highest BCUT2D eigenvalue weighted by molar-refractivity contribution is 5.96. The highest BCUT2D eigenvalue weighted by atomic mass is 16.5. The van der Waals surface area contributed by atoms with E-state index < -0.39 is 0 Å². The summed E-state index contributed by atoms with van der Waals surface area (Å²) in [6.07, 6.45) is 6.04. The van der Waals surface area contributed by atoms with Gasteiger partial charge in [0, 0.05) is 17.3 Å². The Bertz CT molecular complexity index is 763. The normalized spacial score (nSPS) is 14.4. The standard InChI is InChI=1S/C22H26N2O3/c1-27-20-13-7-16(8-14-20)15-21(25)23-19-11-9-17(10-12-19)22(26)24-18-5-3-2-4-6-18/h7-14,18H,2-6,15H2,1H3,(H,23,25)(H,24,26). The van der Waals surface area contributed by atoms with E-state index in [1.165, 1.54) is 19.3 Å². The van der Waals surface area contributed by atoms with Crippen LogP contribution in [-0.2, 0) is 11.2 Å². The average Bonchev–Trinajstić information content (AvgIpc) is 2.70. The molecule has 0 radical (unpaired) electrons. The smallest absolute Gasteiger partial charge is 0.251 e. The SMILES string of the molecule is COc1ccc(CC(=O)Nc2ccc(C(=O)NC3CCCCC3)cc2)cc1. The Morgan fingerprint density at radius 3 is 2.26 bits per heavy atom. The van der Waals surface area contributed by atoms with E-state index in [9.17, 15) is 9.59 Å². The van der Waals surface area contributed by atoms with Crippen LogP contribution in [0.1, 0.15) is 48.0 Å².